The fourth-order valence-electron chi connectivity index (χ4n) is 4.42. The van der Waals surface area contributed by atoms with Gasteiger partial charge in [0.1, 0.15) is 17.1 Å². The van der Waals surface area contributed by atoms with E-state index < -0.39 is 6.04 Å². The van der Waals surface area contributed by atoms with Crippen molar-refractivity contribution >= 4 is 28.5 Å². The second-order valence-corrected chi connectivity index (χ2v) is 8.53. The fourth-order valence-corrected chi connectivity index (χ4v) is 4.60. The summed E-state index contributed by atoms with van der Waals surface area (Å²) in [6.07, 6.45) is 0.601. The zero-order valence-electron chi connectivity index (χ0n) is 18.7. The Morgan fingerprint density at radius 1 is 0.941 bits per heavy atom. The number of ether oxygens (including phenoxy) is 2. The number of halogens is 1. The van der Waals surface area contributed by atoms with Gasteiger partial charge in [-0.1, -0.05) is 35.9 Å². The summed E-state index contributed by atoms with van der Waals surface area (Å²) >= 11 is 6.15. The zero-order chi connectivity index (χ0) is 23.8. The quantitative estimate of drug-likeness (QED) is 0.381. The summed E-state index contributed by atoms with van der Waals surface area (Å²) in [7, 11) is 3.20. The van der Waals surface area contributed by atoms with E-state index in [1.807, 2.05) is 48.5 Å². The average Bonchev–Trinajstić information content (AvgIpc) is 3.15. The van der Waals surface area contributed by atoms with E-state index in [1.54, 1.807) is 37.3 Å². The van der Waals surface area contributed by atoms with E-state index in [9.17, 15) is 9.59 Å². The van der Waals surface area contributed by atoms with E-state index in [4.69, 9.17) is 25.5 Å². The molecule has 2 heterocycles. The molecule has 0 radical (unpaired) electrons. The zero-order valence-corrected chi connectivity index (χ0v) is 19.5. The molecule has 172 valence electrons. The number of hydrogen-bond acceptors (Lipinski definition) is 5. The highest BCUT2D eigenvalue weighted by Gasteiger charge is 2.42. The van der Waals surface area contributed by atoms with Gasteiger partial charge in [-0.25, -0.2) is 0 Å². The van der Waals surface area contributed by atoms with Crippen molar-refractivity contribution in [1.29, 1.82) is 0 Å². The van der Waals surface area contributed by atoms with Crippen molar-refractivity contribution in [1.82, 2.24) is 4.90 Å². The summed E-state index contributed by atoms with van der Waals surface area (Å²) < 4.78 is 16.6. The lowest BCUT2D eigenvalue weighted by Gasteiger charge is -2.25. The summed E-state index contributed by atoms with van der Waals surface area (Å²) in [5, 5.41) is 0.780. The predicted molar refractivity (Wildman–Crippen MR) is 130 cm³/mol. The van der Waals surface area contributed by atoms with Crippen LogP contribution in [0.3, 0.4) is 0 Å². The second-order valence-electron chi connectivity index (χ2n) is 8.09. The number of rotatable bonds is 6. The van der Waals surface area contributed by atoms with Crippen LogP contribution in [0, 0.1) is 0 Å². The molecule has 6 nitrogen and oxygen atoms in total. The first-order chi connectivity index (χ1) is 16.5. The van der Waals surface area contributed by atoms with Crippen molar-refractivity contribution < 1.29 is 18.7 Å². The molecule has 1 aromatic heterocycles. The molecule has 0 saturated carbocycles. The van der Waals surface area contributed by atoms with Crippen LogP contribution in [0.15, 0.2) is 75.9 Å². The normalized spacial score (nSPS) is 15.0. The van der Waals surface area contributed by atoms with Crippen LogP contribution in [0.1, 0.15) is 33.3 Å². The molecule has 0 fully saturated rings. The Bertz CT molecular complexity index is 1440. The molecular weight excluding hydrogens is 454 g/mol. The lowest BCUT2D eigenvalue weighted by molar-refractivity contribution is 0.0730. The first kappa shape index (κ1) is 22.0. The van der Waals surface area contributed by atoms with Crippen molar-refractivity contribution in [3.05, 3.63) is 104 Å². The minimum atomic E-state index is -0.601. The number of amides is 1. The Hall–Kier alpha value is -3.77. The molecule has 4 aromatic rings. The van der Waals surface area contributed by atoms with Gasteiger partial charge in [0.25, 0.3) is 5.91 Å². The number of carbonyl (C=O) groups excluding carboxylic acids is 1. The van der Waals surface area contributed by atoms with E-state index >= 15 is 0 Å². The molecule has 1 amide bonds. The molecule has 34 heavy (non-hydrogen) atoms. The van der Waals surface area contributed by atoms with Gasteiger partial charge in [0.2, 0.25) is 5.76 Å². The topological polar surface area (TPSA) is 69.0 Å². The molecule has 7 heteroatoms. The first-order valence-corrected chi connectivity index (χ1v) is 11.2. The Balaban J connectivity index is 1.61. The Morgan fingerprint density at radius 2 is 1.71 bits per heavy atom. The van der Waals surface area contributed by atoms with E-state index in [0.717, 1.165) is 16.9 Å². The smallest absolute Gasteiger partial charge is 0.290 e. The third-order valence-corrected chi connectivity index (χ3v) is 6.37. The summed E-state index contributed by atoms with van der Waals surface area (Å²) in [6.45, 7) is 0.397. The van der Waals surface area contributed by atoms with Crippen LogP contribution in [-0.2, 0) is 6.42 Å². The Kier molecular flexibility index (Phi) is 5.75. The summed E-state index contributed by atoms with van der Waals surface area (Å²) in [5.41, 5.74) is 2.22. The largest absolute Gasteiger partial charge is 0.497 e. The Labute approximate surface area is 201 Å². The fraction of sp³-hybridized carbons (Fsp3) is 0.185. The molecule has 0 N–H and O–H groups in total. The minimum Gasteiger partial charge on any atom is -0.497 e. The molecule has 1 atom stereocenters. The maximum Gasteiger partial charge on any atom is 0.290 e. The van der Waals surface area contributed by atoms with Gasteiger partial charge in [0, 0.05) is 11.6 Å². The highest BCUT2D eigenvalue weighted by atomic mass is 35.5. The van der Waals surface area contributed by atoms with E-state index in [0.29, 0.717) is 40.3 Å². The molecule has 0 spiro atoms. The van der Waals surface area contributed by atoms with Gasteiger partial charge >= 0.3 is 0 Å². The van der Waals surface area contributed by atoms with E-state index in [1.165, 1.54) is 0 Å². The summed E-state index contributed by atoms with van der Waals surface area (Å²) in [6, 6.07) is 19.3. The molecule has 0 saturated heterocycles. The molecule has 0 aliphatic carbocycles. The van der Waals surface area contributed by atoms with Crippen LogP contribution < -0.4 is 14.9 Å². The van der Waals surface area contributed by atoms with Crippen molar-refractivity contribution in [3.8, 4) is 11.5 Å². The number of benzene rings is 3. The van der Waals surface area contributed by atoms with Crippen molar-refractivity contribution in [3.63, 3.8) is 0 Å². The van der Waals surface area contributed by atoms with Gasteiger partial charge in [0.15, 0.2) is 5.43 Å². The van der Waals surface area contributed by atoms with Crippen molar-refractivity contribution in [2.24, 2.45) is 0 Å². The standard InChI is InChI=1S/C27H22ClNO5/c1-32-19-9-6-16(7-10-19)12-13-29-24(17-4-3-5-20(14-17)33-2)23-25(30)21-15-18(28)8-11-22(21)34-26(23)27(29)31/h3-11,14-15,24H,12-13H2,1-2H3/t24-/m0/s1. The lowest BCUT2D eigenvalue weighted by Crippen LogP contribution is -2.31. The second kappa shape index (κ2) is 8.88. The predicted octanol–water partition coefficient (Wildman–Crippen LogP) is 5.25. The van der Waals surface area contributed by atoms with Gasteiger partial charge in [-0.2, -0.15) is 0 Å². The number of fused-ring (bicyclic) bond motifs is 2. The van der Waals surface area contributed by atoms with Gasteiger partial charge in [-0.05, 0) is 60.0 Å². The third-order valence-electron chi connectivity index (χ3n) is 6.14. The monoisotopic (exact) mass is 475 g/mol. The number of hydrogen-bond donors (Lipinski definition) is 0. The van der Waals surface area contributed by atoms with E-state index in [2.05, 4.69) is 0 Å². The molecule has 5 rings (SSSR count). The van der Waals surface area contributed by atoms with Crippen LogP contribution >= 0.6 is 11.6 Å². The van der Waals surface area contributed by atoms with Crippen LogP contribution in [0.5, 0.6) is 11.5 Å². The SMILES string of the molecule is COc1ccc(CCN2C(=O)c3oc4ccc(Cl)cc4c(=O)c3[C@@H]2c2cccc(OC)c2)cc1. The highest BCUT2D eigenvalue weighted by Crippen LogP contribution is 2.39. The van der Waals surface area contributed by atoms with Gasteiger partial charge in [0.05, 0.1) is 31.2 Å². The van der Waals surface area contributed by atoms with Crippen molar-refractivity contribution in [2.75, 3.05) is 20.8 Å². The molecule has 0 bridgehead atoms. The molecule has 1 aliphatic rings. The minimum absolute atomic E-state index is 0.0716. The van der Waals surface area contributed by atoms with Crippen LogP contribution in [0.4, 0.5) is 0 Å². The highest BCUT2D eigenvalue weighted by molar-refractivity contribution is 6.31. The summed E-state index contributed by atoms with van der Waals surface area (Å²) in [4.78, 5) is 28.8. The first-order valence-electron chi connectivity index (χ1n) is 10.8. The van der Waals surface area contributed by atoms with Crippen molar-refractivity contribution in [2.45, 2.75) is 12.5 Å². The van der Waals surface area contributed by atoms with Gasteiger partial charge < -0.3 is 18.8 Å². The molecule has 1 aliphatic heterocycles. The summed E-state index contributed by atoms with van der Waals surface area (Å²) in [5.74, 6) is 1.16. The molecule has 0 unspecified atom stereocenters. The maximum atomic E-state index is 13.6. The average molecular weight is 476 g/mol. The Morgan fingerprint density at radius 3 is 2.44 bits per heavy atom. The van der Waals surface area contributed by atoms with Gasteiger partial charge in [-0.3, -0.25) is 9.59 Å². The maximum absolute atomic E-state index is 13.6. The third kappa shape index (κ3) is 3.80. The number of carbonyl (C=O) groups is 1. The van der Waals surface area contributed by atoms with E-state index in [-0.39, 0.29) is 17.1 Å². The van der Waals surface area contributed by atoms with Crippen LogP contribution in [-0.4, -0.2) is 31.6 Å². The lowest BCUT2D eigenvalue weighted by atomic mass is 9.98. The van der Waals surface area contributed by atoms with Gasteiger partial charge in [-0.15, -0.1) is 0 Å². The number of nitrogens with zero attached hydrogens (tertiary/aromatic N) is 1. The molecule has 3 aromatic carbocycles. The molecular formula is C27H22ClNO5. The van der Waals surface area contributed by atoms with Crippen LogP contribution in [0.25, 0.3) is 11.0 Å². The number of methoxy groups -OCH3 is 2. The van der Waals surface area contributed by atoms with Crippen LogP contribution in [0.2, 0.25) is 5.02 Å².